The normalized spacial score (nSPS) is 13.8. The van der Waals surface area contributed by atoms with Gasteiger partial charge in [-0.2, -0.15) is 4.99 Å². The average molecular weight is 187 g/mol. The summed E-state index contributed by atoms with van der Waals surface area (Å²) in [5.74, 6) is -0.138. The van der Waals surface area contributed by atoms with Gasteiger partial charge < -0.3 is 22.3 Å². The zero-order valence-electron chi connectivity index (χ0n) is 7.77. The predicted octanol–water partition coefficient (Wildman–Crippen LogP) is -1.26. The van der Waals surface area contributed by atoms with Gasteiger partial charge in [-0.3, -0.25) is 0 Å². The van der Waals surface area contributed by atoms with E-state index in [1.54, 1.807) is 0 Å². The van der Waals surface area contributed by atoms with E-state index in [9.17, 15) is 5.11 Å². The van der Waals surface area contributed by atoms with Gasteiger partial charge in [-0.25, -0.2) is 4.99 Å². The van der Waals surface area contributed by atoms with Crippen LogP contribution in [-0.2, 0) is 0 Å². The van der Waals surface area contributed by atoms with Crippen molar-refractivity contribution in [1.29, 1.82) is 0 Å². The number of hydrogen-bond acceptors (Lipinski definition) is 2. The van der Waals surface area contributed by atoms with Crippen LogP contribution < -0.4 is 17.2 Å². The number of guanidine groups is 2. The summed E-state index contributed by atoms with van der Waals surface area (Å²) >= 11 is 0. The van der Waals surface area contributed by atoms with Crippen molar-refractivity contribution in [3.8, 4) is 0 Å². The maximum absolute atomic E-state index is 9.26. The monoisotopic (exact) mass is 187 g/mol. The molecule has 1 unspecified atom stereocenters. The Labute approximate surface area is 77.5 Å². The Kier molecular flexibility index (Phi) is 5.62. The van der Waals surface area contributed by atoms with Gasteiger partial charge in [0, 0.05) is 0 Å². The van der Waals surface area contributed by atoms with Crippen LogP contribution in [0.5, 0.6) is 0 Å². The van der Waals surface area contributed by atoms with Crippen LogP contribution in [0, 0.1) is 0 Å². The number of aliphatic hydroxyl groups excluding tert-OH is 1. The van der Waals surface area contributed by atoms with E-state index in [1.807, 2.05) is 6.92 Å². The summed E-state index contributed by atoms with van der Waals surface area (Å²) in [6.07, 6.45) is 1.12. The summed E-state index contributed by atoms with van der Waals surface area (Å²) in [6, 6.07) is 0. The molecule has 0 radical (unpaired) electrons. The number of aliphatic imine (C=N–C) groups is 2. The van der Waals surface area contributed by atoms with E-state index >= 15 is 0 Å². The van der Waals surface area contributed by atoms with Crippen molar-refractivity contribution in [3.63, 3.8) is 0 Å². The molecule has 0 saturated carbocycles. The first-order valence-electron chi connectivity index (χ1n) is 4.13. The van der Waals surface area contributed by atoms with Crippen LogP contribution in [0.3, 0.4) is 0 Å². The lowest BCUT2D eigenvalue weighted by Gasteiger charge is -2.04. The molecule has 0 aromatic rings. The minimum Gasteiger partial charge on any atom is -0.391 e. The Morgan fingerprint density at radius 2 is 2.00 bits per heavy atom. The van der Waals surface area contributed by atoms with Gasteiger partial charge in [0.15, 0.2) is 5.96 Å². The molecule has 0 aromatic carbocycles. The molecule has 0 aliphatic rings. The van der Waals surface area contributed by atoms with Crippen molar-refractivity contribution in [1.82, 2.24) is 0 Å². The second-order valence-electron chi connectivity index (χ2n) is 2.68. The van der Waals surface area contributed by atoms with Crippen molar-refractivity contribution in [2.75, 3.05) is 6.54 Å². The second-order valence-corrected chi connectivity index (χ2v) is 2.68. The van der Waals surface area contributed by atoms with Crippen LogP contribution in [0.2, 0.25) is 0 Å². The maximum Gasteiger partial charge on any atom is 0.218 e. The Bertz CT molecular complexity index is 197. The molecule has 6 heteroatoms. The van der Waals surface area contributed by atoms with E-state index in [1.165, 1.54) is 0 Å². The Morgan fingerprint density at radius 3 is 2.46 bits per heavy atom. The van der Waals surface area contributed by atoms with Crippen molar-refractivity contribution in [2.24, 2.45) is 27.2 Å². The predicted molar refractivity (Wildman–Crippen MR) is 53.2 cm³/mol. The molecule has 0 rings (SSSR count). The van der Waals surface area contributed by atoms with Crippen LogP contribution in [-0.4, -0.2) is 29.7 Å². The van der Waals surface area contributed by atoms with Crippen LogP contribution in [0.1, 0.15) is 19.8 Å². The van der Waals surface area contributed by atoms with E-state index in [2.05, 4.69) is 9.98 Å². The van der Waals surface area contributed by atoms with E-state index in [0.29, 0.717) is 6.42 Å². The third-order valence-electron chi connectivity index (χ3n) is 1.33. The van der Waals surface area contributed by atoms with Crippen LogP contribution >= 0.6 is 0 Å². The molecule has 0 amide bonds. The van der Waals surface area contributed by atoms with Gasteiger partial charge in [0.25, 0.3) is 0 Å². The molecule has 76 valence electrons. The van der Waals surface area contributed by atoms with Crippen molar-refractivity contribution in [2.45, 2.75) is 25.9 Å². The van der Waals surface area contributed by atoms with Gasteiger partial charge in [0.05, 0.1) is 12.6 Å². The number of rotatable bonds is 4. The molecule has 13 heavy (non-hydrogen) atoms. The molecule has 0 aliphatic carbocycles. The maximum atomic E-state index is 9.26. The highest BCUT2D eigenvalue weighted by Gasteiger charge is 2.00. The molecule has 7 N–H and O–H groups in total. The molecule has 6 nitrogen and oxygen atoms in total. The number of nitrogens with zero attached hydrogens (tertiary/aromatic N) is 2. The summed E-state index contributed by atoms with van der Waals surface area (Å²) in [5, 5.41) is 9.26. The molecular weight excluding hydrogens is 170 g/mol. The SMILES string of the molecule is CCCC(O)CN=C(N)N=C(N)N. The van der Waals surface area contributed by atoms with Crippen LogP contribution in [0.25, 0.3) is 0 Å². The third kappa shape index (κ3) is 7.07. The minimum absolute atomic E-state index is 0.00449. The lowest BCUT2D eigenvalue weighted by molar-refractivity contribution is 0.172. The molecule has 0 fully saturated rings. The first kappa shape index (κ1) is 11.7. The molecule has 0 saturated heterocycles. The molecule has 0 aromatic heterocycles. The lowest BCUT2D eigenvalue weighted by atomic mass is 10.2. The summed E-state index contributed by atoms with van der Waals surface area (Å²) in [4.78, 5) is 7.28. The van der Waals surface area contributed by atoms with Gasteiger partial charge in [-0.1, -0.05) is 13.3 Å². The highest BCUT2D eigenvalue weighted by atomic mass is 16.3. The molecule has 0 aliphatic heterocycles. The molecule has 0 bridgehead atoms. The smallest absolute Gasteiger partial charge is 0.218 e. The van der Waals surface area contributed by atoms with E-state index < -0.39 is 6.10 Å². The largest absolute Gasteiger partial charge is 0.391 e. The van der Waals surface area contributed by atoms with E-state index in [0.717, 1.165) is 6.42 Å². The summed E-state index contributed by atoms with van der Waals surface area (Å²) in [6.45, 7) is 2.21. The van der Waals surface area contributed by atoms with Crippen LogP contribution in [0.4, 0.5) is 0 Å². The topological polar surface area (TPSA) is 123 Å². The van der Waals surface area contributed by atoms with E-state index in [-0.39, 0.29) is 18.5 Å². The second kappa shape index (κ2) is 6.24. The Morgan fingerprint density at radius 1 is 1.38 bits per heavy atom. The van der Waals surface area contributed by atoms with Crippen molar-refractivity contribution >= 4 is 11.9 Å². The van der Waals surface area contributed by atoms with Gasteiger partial charge in [0.2, 0.25) is 5.96 Å². The molecule has 1 atom stereocenters. The number of nitrogens with two attached hydrogens (primary N) is 3. The van der Waals surface area contributed by atoms with E-state index in [4.69, 9.17) is 17.2 Å². The van der Waals surface area contributed by atoms with Gasteiger partial charge >= 0.3 is 0 Å². The number of hydrogen-bond donors (Lipinski definition) is 4. The summed E-state index contributed by atoms with van der Waals surface area (Å²) in [5.41, 5.74) is 15.4. The molecule has 0 spiro atoms. The fourth-order valence-corrected chi connectivity index (χ4v) is 0.791. The van der Waals surface area contributed by atoms with Gasteiger partial charge in [0.1, 0.15) is 0 Å². The first-order valence-corrected chi connectivity index (χ1v) is 4.13. The molecule has 0 heterocycles. The quantitative estimate of drug-likeness (QED) is 0.324. The third-order valence-corrected chi connectivity index (χ3v) is 1.33. The highest BCUT2D eigenvalue weighted by Crippen LogP contribution is 1.95. The zero-order valence-corrected chi connectivity index (χ0v) is 7.77. The standard InChI is InChI=1S/C7H17N5O/c1-2-3-5(13)4-11-7(10)12-6(8)9/h5,13H,2-4H2,1H3,(H6,8,9,10,11,12). The fraction of sp³-hybridized carbons (Fsp3) is 0.714. The van der Waals surface area contributed by atoms with Crippen molar-refractivity contribution < 1.29 is 5.11 Å². The number of aliphatic hydroxyl groups is 1. The summed E-state index contributed by atoms with van der Waals surface area (Å²) in [7, 11) is 0. The summed E-state index contributed by atoms with van der Waals surface area (Å²) < 4.78 is 0. The minimum atomic E-state index is -0.474. The van der Waals surface area contributed by atoms with Crippen LogP contribution in [0.15, 0.2) is 9.98 Å². The Hall–Kier alpha value is -1.30. The fourth-order valence-electron chi connectivity index (χ4n) is 0.791. The lowest BCUT2D eigenvalue weighted by Crippen LogP contribution is -2.27. The molecular formula is C7H17N5O. The zero-order chi connectivity index (χ0) is 10.3. The Balaban J connectivity index is 3.89. The van der Waals surface area contributed by atoms with Crippen molar-refractivity contribution in [3.05, 3.63) is 0 Å². The van der Waals surface area contributed by atoms with Gasteiger partial charge in [-0.05, 0) is 6.42 Å². The highest BCUT2D eigenvalue weighted by molar-refractivity contribution is 5.92. The average Bonchev–Trinajstić information content (AvgIpc) is 2.00. The van der Waals surface area contributed by atoms with Gasteiger partial charge in [-0.15, -0.1) is 0 Å². The first-order chi connectivity index (χ1) is 6.06.